The second-order valence-electron chi connectivity index (χ2n) is 7.30. The minimum atomic E-state index is -3.48. The molecule has 1 atom stereocenters. The van der Waals surface area contributed by atoms with E-state index in [1.807, 2.05) is 49.3 Å². The first kappa shape index (κ1) is 19.6. The van der Waals surface area contributed by atoms with Gasteiger partial charge in [-0.05, 0) is 49.8 Å². The number of urea groups is 1. The van der Waals surface area contributed by atoms with Gasteiger partial charge in [-0.25, -0.2) is 13.2 Å². The van der Waals surface area contributed by atoms with Crippen LogP contribution in [0.5, 0.6) is 0 Å². The number of hydrogen-bond acceptors (Lipinski definition) is 4. The first-order chi connectivity index (χ1) is 12.9. The Hall–Kier alpha value is -2.12. The maximum Gasteiger partial charge on any atom is 0.317 e. The summed E-state index contributed by atoms with van der Waals surface area (Å²) in [7, 11) is 0.404. The molecule has 1 aliphatic rings. The van der Waals surface area contributed by atoms with Crippen LogP contribution in [0.1, 0.15) is 12.8 Å². The average Bonchev–Trinajstić information content (AvgIpc) is 2.67. The van der Waals surface area contributed by atoms with Gasteiger partial charge in [0.2, 0.25) is 0 Å². The van der Waals surface area contributed by atoms with E-state index in [1.54, 1.807) is 17.0 Å². The Labute approximate surface area is 161 Å². The lowest BCUT2D eigenvalue weighted by Crippen LogP contribution is -2.49. The number of hydrogen-bond donors (Lipinski definition) is 1. The maximum atomic E-state index is 13.1. The van der Waals surface area contributed by atoms with Crippen molar-refractivity contribution in [3.63, 3.8) is 0 Å². The molecule has 0 spiro atoms. The number of benzene rings is 2. The van der Waals surface area contributed by atoms with Gasteiger partial charge in [0.15, 0.2) is 9.84 Å². The predicted octanol–water partition coefficient (Wildman–Crippen LogP) is 2.35. The quantitative estimate of drug-likeness (QED) is 0.852. The Morgan fingerprint density at radius 3 is 2.67 bits per heavy atom. The van der Waals surface area contributed by atoms with E-state index < -0.39 is 15.1 Å². The summed E-state index contributed by atoms with van der Waals surface area (Å²) in [5, 5.41) is 4.23. The summed E-state index contributed by atoms with van der Waals surface area (Å²) in [5.41, 5.74) is 0. The van der Waals surface area contributed by atoms with Crippen molar-refractivity contribution >= 4 is 26.6 Å². The van der Waals surface area contributed by atoms with Gasteiger partial charge in [0.05, 0.1) is 10.1 Å². The third kappa shape index (κ3) is 4.59. The van der Waals surface area contributed by atoms with Crippen LogP contribution in [0.25, 0.3) is 10.8 Å². The fourth-order valence-electron chi connectivity index (χ4n) is 3.41. The highest BCUT2D eigenvalue weighted by molar-refractivity contribution is 7.92. The van der Waals surface area contributed by atoms with Crippen LogP contribution in [-0.4, -0.2) is 69.8 Å². The van der Waals surface area contributed by atoms with E-state index in [2.05, 4.69) is 5.32 Å². The molecule has 0 aliphatic carbocycles. The van der Waals surface area contributed by atoms with Gasteiger partial charge >= 0.3 is 6.03 Å². The van der Waals surface area contributed by atoms with Gasteiger partial charge in [0.25, 0.3) is 0 Å². The largest absolute Gasteiger partial charge is 0.337 e. The van der Waals surface area contributed by atoms with E-state index in [9.17, 15) is 13.2 Å². The zero-order chi connectivity index (χ0) is 19.4. The Bertz CT molecular complexity index is 912. The lowest BCUT2D eigenvalue weighted by Gasteiger charge is -2.32. The standard InChI is InChI=1S/C20H27N3O3S/c1-22(2)13-11-21-20(24)23-12-5-8-19(15-23)27(25,26)18-10-9-16-6-3-4-7-17(16)14-18/h3-4,6-7,9-10,14,19H,5,8,11-13,15H2,1-2H3,(H,21,24). The lowest BCUT2D eigenvalue weighted by atomic mass is 10.1. The number of likely N-dealkylation sites (tertiary alicyclic amines) is 1. The van der Waals surface area contributed by atoms with Crippen molar-refractivity contribution in [3.8, 4) is 0 Å². The van der Waals surface area contributed by atoms with Crippen LogP contribution < -0.4 is 5.32 Å². The molecule has 2 aromatic rings. The zero-order valence-corrected chi connectivity index (χ0v) is 16.7. The number of carbonyl (C=O) groups is 1. The van der Waals surface area contributed by atoms with Crippen LogP contribution in [0, 0.1) is 0 Å². The van der Waals surface area contributed by atoms with Crippen LogP contribution >= 0.6 is 0 Å². The first-order valence-electron chi connectivity index (χ1n) is 9.28. The number of fused-ring (bicyclic) bond motifs is 1. The lowest BCUT2D eigenvalue weighted by molar-refractivity contribution is 0.186. The molecule has 1 fully saturated rings. The Morgan fingerprint density at radius 2 is 1.93 bits per heavy atom. The highest BCUT2D eigenvalue weighted by Gasteiger charge is 2.33. The topological polar surface area (TPSA) is 69.7 Å². The molecule has 1 unspecified atom stereocenters. The summed E-state index contributed by atoms with van der Waals surface area (Å²) in [4.78, 5) is 16.3. The summed E-state index contributed by atoms with van der Waals surface area (Å²) in [6.07, 6.45) is 1.27. The molecule has 1 N–H and O–H groups in total. The summed E-state index contributed by atoms with van der Waals surface area (Å²) >= 11 is 0. The van der Waals surface area contributed by atoms with Crippen LogP contribution in [0.4, 0.5) is 4.79 Å². The molecule has 2 amide bonds. The Balaban J connectivity index is 1.72. The van der Waals surface area contributed by atoms with E-state index in [1.165, 1.54) is 0 Å². The summed E-state index contributed by atoms with van der Waals surface area (Å²) in [6, 6.07) is 12.8. The molecule has 27 heavy (non-hydrogen) atoms. The number of amides is 2. The number of rotatable bonds is 5. The molecule has 0 saturated carbocycles. The smallest absolute Gasteiger partial charge is 0.317 e. The number of nitrogens with zero attached hydrogens (tertiary/aromatic N) is 2. The molecule has 3 rings (SSSR count). The molecule has 1 heterocycles. The molecule has 0 aromatic heterocycles. The molecule has 1 aliphatic heterocycles. The highest BCUT2D eigenvalue weighted by Crippen LogP contribution is 2.26. The van der Waals surface area contributed by atoms with Crippen molar-refractivity contribution in [2.24, 2.45) is 0 Å². The first-order valence-corrected chi connectivity index (χ1v) is 10.8. The zero-order valence-electron chi connectivity index (χ0n) is 15.9. The van der Waals surface area contributed by atoms with Crippen molar-refractivity contribution in [3.05, 3.63) is 42.5 Å². The normalized spacial score (nSPS) is 18.0. The Morgan fingerprint density at radius 1 is 1.19 bits per heavy atom. The SMILES string of the molecule is CN(C)CCNC(=O)N1CCCC(S(=O)(=O)c2ccc3ccccc3c2)C1. The van der Waals surface area contributed by atoms with E-state index in [4.69, 9.17) is 0 Å². The average molecular weight is 390 g/mol. The van der Waals surface area contributed by atoms with Crippen LogP contribution in [0.3, 0.4) is 0 Å². The molecular weight excluding hydrogens is 362 g/mol. The van der Waals surface area contributed by atoms with Crippen molar-refractivity contribution in [1.29, 1.82) is 0 Å². The molecule has 0 radical (unpaired) electrons. The monoisotopic (exact) mass is 389 g/mol. The fraction of sp³-hybridized carbons (Fsp3) is 0.450. The minimum absolute atomic E-state index is 0.185. The predicted molar refractivity (Wildman–Crippen MR) is 108 cm³/mol. The van der Waals surface area contributed by atoms with Gasteiger partial charge in [-0.1, -0.05) is 30.3 Å². The van der Waals surface area contributed by atoms with Crippen molar-refractivity contribution < 1.29 is 13.2 Å². The number of piperidine rings is 1. The second kappa shape index (κ2) is 8.27. The molecule has 1 saturated heterocycles. The van der Waals surface area contributed by atoms with Gasteiger partial charge in [0, 0.05) is 26.2 Å². The molecule has 7 heteroatoms. The van der Waals surface area contributed by atoms with Crippen molar-refractivity contribution in [2.75, 3.05) is 40.3 Å². The summed E-state index contributed by atoms with van der Waals surface area (Å²) in [5.74, 6) is 0. The minimum Gasteiger partial charge on any atom is -0.337 e. The maximum absolute atomic E-state index is 13.1. The van der Waals surface area contributed by atoms with E-state index in [0.29, 0.717) is 30.8 Å². The summed E-state index contributed by atoms with van der Waals surface area (Å²) < 4.78 is 26.3. The van der Waals surface area contributed by atoms with Crippen LogP contribution in [-0.2, 0) is 9.84 Å². The van der Waals surface area contributed by atoms with Gasteiger partial charge < -0.3 is 15.1 Å². The number of carbonyl (C=O) groups excluding carboxylic acids is 1. The Kier molecular flexibility index (Phi) is 6.01. The van der Waals surface area contributed by atoms with Crippen LogP contribution in [0.2, 0.25) is 0 Å². The van der Waals surface area contributed by atoms with E-state index in [0.717, 1.165) is 17.3 Å². The van der Waals surface area contributed by atoms with Gasteiger partial charge in [-0.15, -0.1) is 0 Å². The third-order valence-corrected chi connectivity index (χ3v) is 7.16. The number of likely N-dealkylation sites (N-methyl/N-ethyl adjacent to an activating group) is 1. The van der Waals surface area contributed by atoms with Gasteiger partial charge in [-0.3, -0.25) is 0 Å². The van der Waals surface area contributed by atoms with Crippen molar-refractivity contribution in [1.82, 2.24) is 15.1 Å². The third-order valence-electron chi connectivity index (χ3n) is 4.99. The molecular formula is C20H27N3O3S. The summed E-state index contributed by atoms with van der Waals surface area (Å²) in [6.45, 7) is 2.13. The van der Waals surface area contributed by atoms with Crippen molar-refractivity contribution in [2.45, 2.75) is 23.0 Å². The van der Waals surface area contributed by atoms with Gasteiger partial charge in [-0.2, -0.15) is 0 Å². The van der Waals surface area contributed by atoms with E-state index >= 15 is 0 Å². The second-order valence-corrected chi connectivity index (χ2v) is 9.53. The van der Waals surface area contributed by atoms with Crippen LogP contribution in [0.15, 0.2) is 47.4 Å². The van der Waals surface area contributed by atoms with Gasteiger partial charge in [0.1, 0.15) is 0 Å². The number of sulfone groups is 1. The van der Waals surface area contributed by atoms with E-state index in [-0.39, 0.29) is 12.6 Å². The molecule has 0 bridgehead atoms. The fourth-order valence-corrected chi connectivity index (χ4v) is 5.20. The highest BCUT2D eigenvalue weighted by atomic mass is 32.2. The number of nitrogens with one attached hydrogen (secondary N) is 1. The molecule has 6 nitrogen and oxygen atoms in total. The molecule has 2 aromatic carbocycles. The molecule has 146 valence electrons.